The number of nitrogens with one attached hydrogen (secondary N) is 1. The first-order valence-corrected chi connectivity index (χ1v) is 9.02. The number of ether oxygens (including phenoxy) is 2. The van der Waals surface area contributed by atoms with Crippen LogP contribution in [0.25, 0.3) is 16.6 Å². The number of nitrogens with zero attached hydrogens (tertiary/aromatic N) is 2. The molecule has 27 heavy (non-hydrogen) atoms. The minimum atomic E-state index is -0.281. The van der Waals surface area contributed by atoms with Gasteiger partial charge in [-0.1, -0.05) is 41.2 Å². The number of amides is 1. The van der Waals surface area contributed by atoms with E-state index in [1.165, 1.54) is 17.4 Å². The number of aromatic nitrogens is 2. The molecule has 1 N–H and O–H groups in total. The average molecular weight is 381 g/mol. The summed E-state index contributed by atoms with van der Waals surface area (Å²) in [6.07, 6.45) is 3.13. The van der Waals surface area contributed by atoms with Gasteiger partial charge in [-0.3, -0.25) is 10.1 Å². The summed E-state index contributed by atoms with van der Waals surface area (Å²) in [5, 5.41) is 12.1. The Morgan fingerprint density at radius 2 is 1.89 bits per heavy atom. The molecular formula is C20H19N3O3S. The van der Waals surface area contributed by atoms with E-state index in [1.807, 2.05) is 37.3 Å². The second-order valence-electron chi connectivity index (χ2n) is 5.72. The van der Waals surface area contributed by atoms with Crippen molar-refractivity contribution >= 4 is 28.5 Å². The van der Waals surface area contributed by atoms with Crippen molar-refractivity contribution in [1.82, 2.24) is 10.2 Å². The van der Waals surface area contributed by atoms with Gasteiger partial charge in [0.05, 0.1) is 14.2 Å². The molecule has 138 valence electrons. The van der Waals surface area contributed by atoms with Gasteiger partial charge in [-0.05, 0) is 36.8 Å². The van der Waals surface area contributed by atoms with Gasteiger partial charge in [-0.25, -0.2) is 0 Å². The second kappa shape index (κ2) is 8.46. The number of benzene rings is 2. The molecule has 0 fully saturated rings. The van der Waals surface area contributed by atoms with Crippen LogP contribution < -0.4 is 14.8 Å². The predicted octanol–water partition coefficient (Wildman–Crippen LogP) is 4.18. The van der Waals surface area contributed by atoms with Crippen molar-refractivity contribution in [2.24, 2.45) is 0 Å². The lowest BCUT2D eigenvalue weighted by molar-refractivity contribution is -0.111. The monoisotopic (exact) mass is 381 g/mol. The van der Waals surface area contributed by atoms with Crippen molar-refractivity contribution in [3.63, 3.8) is 0 Å². The highest BCUT2D eigenvalue weighted by atomic mass is 32.1. The molecule has 2 aromatic carbocycles. The predicted molar refractivity (Wildman–Crippen MR) is 107 cm³/mol. The summed E-state index contributed by atoms with van der Waals surface area (Å²) in [5.74, 6) is 0.959. The largest absolute Gasteiger partial charge is 0.493 e. The van der Waals surface area contributed by atoms with E-state index < -0.39 is 0 Å². The van der Waals surface area contributed by atoms with Crippen molar-refractivity contribution < 1.29 is 14.3 Å². The van der Waals surface area contributed by atoms with Crippen molar-refractivity contribution in [2.45, 2.75) is 6.92 Å². The molecular weight excluding hydrogens is 362 g/mol. The number of aryl methyl sites for hydroxylation is 1. The third-order valence-electron chi connectivity index (χ3n) is 3.75. The highest BCUT2D eigenvalue weighted by molar-refractivity contribution is 7.18. The first-order chi connectivity index (χ1) is 13.1. The van der Waals surface area contributed by atoms with Gasteiger partial charge in [0.2, 0.25) is 11.0 Å². The molecule has 0 aliphatic rings. The summed E-state index contributed by atoms with van der Waals surface area (Å²) < 4.78 is 10.5. The second-order valence-corrected chi connectivity index (χ2v) is 6.70. The minimum Gasteiger partial charge on any atom is -0.493 e. The molecule has 0 radical (unpaired) electrons. The maximum atomic E-state index is 12.1. The van der Waals surface area contributed by atoms with Crippen molar-refractivity contribution in [1.29, 1.82) is 0 Å². The summed E-state index contributed by atoms with van der Waals surface area (Å²) in [4.78, 5) is 12.1. The van der Waals surface area contributed by atoms with Crippen molar-refractivity contribution in [2.75, 3.05) is 19.5 Å². The Morgan fingerprint density at radius 1 is 1.07 bits per heavy atom. The first kappa shape index (κ1) is 18.6. The van der Waals surface area contributed by atoms with Crippen LogP contribution in [0.4, 0.5) is 5.13 Å². The van der Waals surface area contributed by atoms with Crippen LogP contribution in [0, 0.1) is 6.92 Å². The Hall–Kier alpha value is -3.19. The topological polar surface area (TPSA) is 73.3 Å². The molecule has 0 unspecified atom stereocenters. The molecule has 3 aromatic rings. The number of methoxy groups -OCH3 is 2. The first-order valence-electron chi connectivity index (χ1n) is 8.20. The smallest absolute Gasteiger partial charge is 0.250 e. The number of carbonyl (C=O) groups excluding carboxylic acids is 1. The van der Waals surface area contributed by atoms with Crippen LogP contribution in [-0.4, -0.2) is 30.3 Å². The van der Waals surface area contributed by atoms with Gasteiger partial charge < -0.3 is 9.47 Å². The van der Waals surface area contributed by atoms with E-state index in [-0.39, 0.29) is 5.91 Å². The average Bonchev–Trinajstić information content (AvgIpc) is 3.14. The molecule has 0 saturated heterocycles. The summed E-state index contributed by atoms with van der Waals surface area (Å²) >= 11 is 1.33. The van der Waals surface area contributed by atoms with Crippen LogP contribution in [0.2, 0.25) is 0 Å². The Bertz CT molecular complexity index is 982. The maximum absolute atomic E-state index is 12.1. The van der Waals surface area contributed by atoms with E-state index in [9.17, 15) is 4.79 Å². The fraction of sp³-hybridized carbons (Fsp3) is 0.150. The van der Waals surface area contributed by atoms with E-state index in [1.54, 1.807) is 32.4 Å². The Labute approximate surface area is 161 Å². The van der Waals surface area contributed by atoms with Gasteiger partial charge in [-0.2, -0.15) is 0 Å². The molecule has 6 nitrogen and oxygen atoms in total. The van der Waals surface area contributed by atoms with E-state index in [2.05, 4.69) is 15.5 Å². The van der Waals surface area contributed by atoms with Crippen LogP contribution in [0.5, 0.6) is 11.5 Å². The number of hydrogen-bond acceptors (Lipinski definition) is 6. The van der Waals surface area contributed by atoms with Crippen LogP contribution in [-0.2, 0) is 4.79 Å². The summed E-state index contributed by atoms with van der Waals surface area (Å²) in [6, 6.07) is 13.4. The lowest BCUT2D eigenvalue weighted by Gasteiger charge is -2.07. The summed E-state index contributed by atoms with van der Waals surface area (Å²) in [7, 11) is 3.15. The Morgan fingerprint density at radius 3 is 2.63 bits per heavy atom. The highest BCUT2D eigenvalue weighted by Gasteiger charge is 2.09. The molecule has 3 rings (SSSR count). The van der Waals surface area contributed by atoms with E-state index in [0.717, 1.165) is 21.7 Å². The molecule has 7 heteroatoms. The SMILES string of the molecule is COc1ccc(/C=C/C(=O)Nc2nnc(-c3cccc(C)c3)s2)cc1OC. The third kappa shape index (κ3) is 4.71. The summed E-state index contributed by atoms with van der Waals surface area (Å²) in [5.41, 5.74) is 2.94. The molecule has 0 aliphatic heterocycles. The van der Waals surface area contributed by atoms with E-state index >= 15 is 0 Å². The van der Waals surface area contributed by atoms with Crippen LogP contribution in [0.15, 0.2) is 48.5 Å². The third-order valence-corrected chi connectivity index (χ3v) is 4.64. The van der Waals surface area contributed by atoms with Gasteiger partial charge in [-0.15, -0.1) is 10.2 Å². The fourth-order valence-electron chi connectivity index (χ4n) is 2.44. The van der Waals surface area contributed by atoms with Gasteiger partial charge in [0.25, 0.3) is 0 Å². The zero-order chi connectivity index (χ0) is 19.2. The molecule has 0 aliphatic carbocycles. The maximum Gasteiger partial charge on any atom is 0.250 e. The van der Waals surface area contributed by atoms with Crippen LogP contribution in [0.1, 0.15) is 11.1 Å². The fourth-order valence-corrected chi connectivity index (χ4v) is 3.19. The van der Waals surface area contributed by atoms with E-state index in [4.69, 9.17) is 9.47 Å². The van der Waals surface area contributed by atoms with Crippen LogP contribution >= 0.6 is 11.3 Å². The Balaban J connectivity index is 1.67. The molecule has 1 heterocycles. The zero-order valence-corrected chi connectivity index (χ0v) is 16.0. The zero-order valence-electron chi connectivity index (χ0n) is 15.2. The quantitative estimate of drug-likeness (QED) is 0.649. The number of hydrogen-bond donors (Lipinski definition) is 1. The molecule has 1 amide bonds. The standard InChI is InChI=1S/C20H19N3O3S/c1-13-5-4-6-15(11-13)19-22-23-20(27-19)21-18(24)10-8-14-7-9-16(25-2)17(12-14)26-3/h4-12H,1-3H3,(H,21,23,24)/b10-8+. The number of rotatable bonds is 6. The van der Waals surface area contributed by atoms with Crippen molar-refractivity contribution in [3.05, 3.63) is 59.7 Å². The molecule has 0 bridgehead atoms. The summed E-state index contributed by atoms with van der Waals surface area (Å²) in [6.45, 7) is 2.02. The number of anilines is 1. The molecule has 0 atom stereocenters. The molecule has 0 spiro atoms. The van der Waals surface area contributed by atoms with E-state index in [0.29, 0.717) is 16.6 Å². The number of carbonyl (C=O) groups is 1. The van der Waals surface area contributed by atoms with Gasteiger partial charge >= 0.3 is 0 Å². The normalized spacial score (nSPS) is 10.8. The van der Waals surface area contributed by atoms with Crippen molar-refractivity contribution in [3.8, 4) is 22.1 Å². The Kier molecular flexibility index (Phi) is 5.83. The minimum absolute atomic E-state index is 0.281. The van der Waals surface area contributed by atoms with Crippen LogP contribution in [0.3, 0.4) is 0 Å². The lowest BCUT2D eigenvalue weighted by atomic mass is 10.1. The van der Waals surface area contributed by atoms with Gasteiger partial charge in [0, 0.05) is 11.6 Å². The molecule has 0 saturated carbocycles. The van der Waals surface area contributed by atoms with Gasteiger partial charge in [0.15, 0.2) is 11.5 Å². The molecule has 1 aromatic heterocycles. The highest BCUT2D eigenvalue weighted by Crippen LogP contribution is 2.28. The van der Waals surface area contributed by atoms with Gasteiger partial charge in [0.1, 0.15) is 5.01 Å². The lowest BCUT2D eigenvalue weighted by Crippen LogP contribution is -2.07.